The van der Waals surface area contributed by atoms with Crippen molar-refractivity contribution in [3.63, 3.8) is 0 Å². The molecule has 0 N–H and O–H groups in total. The van der Waals surface area contributed by atoms with Crippen LogP contribution in [0.15, 0.2) is 0 Å². The Labute approximate surface area is 111 Å². The first kappa shape index (κ1) is 19.1. The maximum absolute atomic E-state index is 10.2. The molecule has 0 saturated carbocycles. The molecule has 6 nitrogen and oxygen atoms in total. The van der Waals surface area contributed by atoms with Crippen molar-refractivity contribution in [1.29, 1.82) is 0 Å². The minimum atomic E-state index is -4.76. The molecule has 0 radical (unpaired) electrons. The van der Waals surface area contributed by atoms with Crippen LogP contribution in [0.1, 0.15) is 39.5 Å². The van der Waals surface area contributed by atoms with Crippen LogP contribution in [0.3, 0.4) is 0 Å². The van der Waals surface area contributed by atoms with E-state index in [0.29, 0.717) is 0 Å². The summed E-state index contributed by atoms with van der Waals surface area (Å²) >= 11 is -2.51. The van der Waals surface area contributed by atoms with Gasteiger partial charge in [-0.15, -0.1) is 0 Å². The summed E-state index contributed by atoms with van der Waals surface area (Å²) in [5.74, 6) is 0.191. The van der Waals surface area contributed by atoms with E-state index >= 15 is 0 Å². The Morgan fingerprint density at radius 1 is 1.31 bits per heavy atom. The maximum atomic E-state index is 10.2. The Hall–Kier alpha value is 0.762. The van der Waals surface area contributed by atoms with Gasteiger partial charge in [0.15, 0.2) is 0 Å². The molecule has 94 valence electrons. The normalized spacial score (nSPS) is 12.2. The summed E-state index contributed by atoms with van der Waals surface area (Å²) in [6.45, 7) is 4.07. The molecule has 0 aliphatic rings. The molecule has 0 rings (SSSR count). The van der Waals surface area contributed by atoms with Gasteiger partial charge in [-0.2, -0.15) is 0 Å². The average molecular weight is 478 g/mol. The van der Waals surface area contributed by atoms with Crippen molar-refractivity contribution in [3.05, 3.63) is 0 Å². The molecule has 8 heteroatoms. The molecule has 0 amide bonds. The van der Waals surface area contributed by atoms with E-state index in [-0.39, 0.29) is 12.5 Å². The van der Waals surface area contributed by atoms with Crippen molar-refractivity contribution in [2.45, 2.75) is 39.5 Å². The molecule has 0 spiro atoms. The van der Waals surface area contributed by atoms with Gasteiger partial charge < -0.3 is 18.9 Å². The predicted octanol–water partition coefficient (Wildman–Crippen LogP) is 0.810. The fraction of sp³-hybridized carbons (Fsp3) is 1.00. The van der Waals surface area contributed by atoms with Gasteiger partial charge in [0.1, 0.15) is 0 Å². The summed E-state index contributed by atoms with van der Waals surface area (Å²) in [6, 6.07) is 0. The number of phosphoric ester groups is 1. The van der Waals surface area contributed by atoms with E-state index in [1.807, 2.05) is 6.92 Å². The third kappa shape index (κ3) is 17.2. The zero-order chi connectivity index (χ0) is 13.0. The number of phosphoric acid groups is 1. The molecule has 0 aromatic carbocycles. The van der Waals surface area contributed by atoms with Crippen LogP contribution in [0.25, 0.3) is 0 Å². The van der Waals surface area contributed by atoms with Crippen LogP contribution in [0.4, 0.5) is 0 Å². The van der Waals surface area contributed by atoms with Gasteiger partial charge in [0.25, 0.3) is 0 Å². The van der Waals surface area contributed by atoms with Gasteiger partial charge in [-0.1, -0.05) is 33.1 Å². The Balaban J connectivity index is 0. The SMILES string of the molecule is CCCCC(CC)COP(=O)([O-])[O-].[O]=[U+2]=[O]. The van der Waals surface area contributed by atoms with E-state index in [9.17, 15) is 14.4 Å². The van der Waals surface area contributed by atoms with Crippen LogP contribution in [0, 0.1) is 33.7 Å². The van der Waals surface area contributed by atoms with Crippen molar-refractivity contribution in [3.8, 4) is 0 Å². The van der Waals surface area contributed by atoms with E-state index in [4.69, 9.17) is 4.47 Å². The van der Waals surface area contributed by atoms with Gasteiger partial charge in [-0.25, -0.2) is 0 Å². The van der Waals surface area contributed by atoms with Crippen molar-refractivity contribution >= 4 is 7.82 Å². The molecule has 1 unspecified atom stereocenters. The Kier molecular flexibility index (Phi) is 14.6. The molecule has 0 aromatic rings. The summed E-state index contributed by atoms with van der Waals surface area (Å²) < 4.78 is 31.6. The van der Waals surface area contributed by atoms with Crippen LogP contribution in [0.5, 0.6) is 0 Å². The van der Waals surface area contributed by atoms with Crippen molar-refractivity contribution in [2.75, 3.05) is 6.61 Å². The van der Waals surface area contributed by atoms with E-state index < -0.39 is 35.6 Å². The average Bonchev–Trinajstić information content (AvgIpc) is 2.18. The van der Waals surface area contributed by atoms with Crippen LogP contribution in [-0.2, 0) is 13.6 Å². The number of rotatable bonds is 7. The summed E-state index contributed by atoms with van der Waals surface area (Å²) in [7, 11) is -4.76. The van der Waals surface area contributed by atoms with Crippen molar-refractivity contribution < 1.29 is 51.2 Å². The van der Waals surface area contributed by atoms with Gasteiger partial charge in [0, 0.05) is 0 Å². The van der Waals surface area contributed by atoms with E-state index in [0.717, 1.165) is 25.7 Å². The third-order valence-electron chi connectivity index (χ3n) is 2.01. The summed E-state index contributed by atoms with van der Waals surface area (Å²) in [6.07, 6.45) is 3.89. The van der Waals surface area contributed by atoms with Gasteiger partial charge in [-0.3, -0.25) is 0 Å². The monoisotopic (exact) mass is 478 g/mol. The van der Waals surface area contributed by atoms with Crippen LogP contribution < -0.4 is 9.79 Å². The second kappa shape index (κ2) is 12.2. The molecule has 1 atom stereocenters. The first-order valence-corrected chi connectivity index (χ1v) is 9.93. The standard InChI is InChI=1S/C8H19O4P.2O.U/c1-3-5-6-8(4-2)7-12-13(9,10)11;;;/h8H,3-7H2,1-2H3,(H2,9,10,11);;;/q;;;+2/p-2. The molecule has 16 heavy (non-hydrogen) atoms. The molecule has 0 fully saturated rings. The van der Waals surface area contributed by atoms with E-state index in [1.54, 1.807) is 0 Å². The summed E-state index contributed by atoms with van der Waals surface area (Å²) in [5, 5.41) is 0. The van der Waals surface area contributed by atoms with Gasteiger partial charge in [-0.05, 0) is 12.3 Å². The zero-order valence-corrected chi connectivity index (χ0v) is 14.6. The number of hydrogen-bond acceptors (Lipinski definition) is 6. The Bertz CT molecular complexity index is 235. The molecular weight excluding hydrogens is 461 g/mol. The van der Waals surface area contributed by atoms with Gasteiger partial charge >= 0.3 is 32.3 Å². The van der Waals surface area contributed by atoms with Crippen molar-refractivity contribution in [1.82, 2.24) is 0 Å². The molecule has 0 heterocycles. The van der Waals surface area contributed by atoms with Crippen LogP contribution in [0.2, 0.25) is 0 Å². The number of unbranched alkanes of at least 4 members (excludes halogenated alkanes) is 1. The van der Waals surface area contributed by atoms with Crippen molar-refractivity contribution in [2.24, 2.45) is 5.92 Å². The van der Waals surface area contributed by atoms with Crippen LogP contribution >= 0.6 is 7.82 Å². The van der Waals surface area contributed by atoms with Crippen LogP contribution in [-0.4, -0.2) is 6.61 Å². The van der Waals surface area contributed by atoms with Gasteiger partial charge in [0.2, 0.25) is 0 Å². The first-order valence-electron chi connectivity index (χ1n) is 5.07. The zero-order valence-electron chi connectivity index (χ0n) is 9.51. The topological polar surface area (TPSA) is 107 Å². The molecule has 0 saturated heterocycles. The Morgan fingerprint density at radius 3 is 2.12 bits per heavy atom. The summed E-state index contributed by atoms with van der Waals surface area (Å²) in [5.41, 5.74) is 0. The molecule has 0 aliphatic carbocycles. The summed E-state index contributed by atoms with van der Waals surface area (Å²) in [4.78, 5) is 20.4. The molecular formula is C8H17O6PU. The number of hydrogen-bond donors (Lipinski definition) is 0. The minimum absolute atomic E-state index is 0.0424. The predicted molar refractivity (Wildman–Crippen MR) is 48.2 cm³/mol. The third-order valence-corrected chi connectivity index (χ3v) is 2.48. The fourth-order valence-electron chi connectivity index (χ4n) is 1.09. The molecule has 0 bridgehead atoms. The molecule has 0 aliphatic heterocycles. The second-order valence-electron chi connectivity index (χ2n) is 3.24. The van der Waals surface area contributed by atoms with Gasteiger partial charge in [0.05, 0.1) is 14.4 Å². The molecule has 0 aromatic heterocycles. The fourth-order valence-corrected chi connectivity index (χ4v) is 1.49. The van der Waals surface area contributed by atoms with E-state index in [1.165, 1.54) is 0 Å². The second-order valence-corrected chi connectivity index (χ2v) is 5.09. The first-order chi connectivity index (χ1) is 7.41. The quantitative estimate of drug-likeness (QED) is 0.502. The Morgan fingerprint density at radius 2 is 1.81 bits per heavy atom. The van der Waals surface area contributed by atoms with E-state index in [2.05, 4.69) is 11.4 Å².